The summed E-state index contributed by atoms with van der Waals surface area (Å²) in [5.74, 6) is 0.975. The second kappa shape index (κ2) is 8.56. The van der Waals surface area contributed by atoms with Gasteiger partial charge in [0.15, 0.2) is 0 Å². The van der Waals surface area contributed by atoms with Crippen molar-refractivity contribution in [3.63, 3.8) is 0 Å². The van der Waals surface area contributed by atoms with Crippen molar-refractivity contribution in [2.24, 2.45) is 0 Å². The first-order chi connectivity index (χ1) is 13.9. The molecule has 0 radical (unpaired) electrons. The van der Waals surface area contributed by atoms with E-state index in [1.165, 1.54) is 19.3 Å². The Kier molecular flexibility index (Phi) is 5.93. The average molecular weight is 412 g/mol. The minimum atomic E-state index is -0.733. The molecule has 1 N–H and O–H groups in total. The molecule has 8 nitrogen and oxygen atoms in total. The molecule has 29 heavy (non-hydrogen) atoms. The topological polar surface area (TPSA) is 122 Å². The molecule has 0 saturated heterocycles. The molecule has 0 atom stereocenters. The van der Waals surface area contributed by atoms with Crippen molar-refractivity contribution < 1.29 is 14.1 Å². The predicted molar refractivity (Wildman–Crippen MR) is 107 cm³/mol. The number of methoxy groups -OCH3 is 1. The van der Waals surface area contributed by atoms with Crippen molar-refractivity contribution in [1.82, 2.24) is 4.98 Å². The van der Waals surface area contributed by atoms with E-state index in [4.69, 9.17) is 20.8 Å². The third-order valence-corrected chi connectivity index (χ3v) is 4.29. The highest BCUT2D eigenvalue weighted by atomic mass is 35.5. The van der Waals surface area contributed by atoms with E-state index in [1.807, 2.05) is 6.07 Å². The van der Waals surface area contributed by atoms with Gasteiger partial charge in [0.25, 0.3) is 11.2 Å². The number of H-pyrrole nitrogens is 1. The first-order valence-corrected chi connectivity index (χ1v) is 8.68. The molecule has 9 heteroatoms. The molecule has 0 spiro atoms. The lowest BCUT2D eigenvalue weighted by molar-refractivity contribution is -0.386. The Labute approximate surface area is 169 Å². The molecule has 1 aromatic carbocycles. The van der Waals surface area contributed by atoms with E-state index in [2.05, 4.69) is 4.98 Å². The van der Waals surface area contributed by atoms with Crippen LogP contribution < -0.4 is 5.56 Å². The van der Waals surface area contributed by atoms with Gasteiger partial charge in [-0.3, -0.25) is 14.9 Å². The number of nitro groups is 1. The van der Waals surface area contributed by atoms with Gasteiger partial charge in [-0.05, 0) is 36.4 Å². The number of ether oxygens (including phenoxy) is 1. The fourth-order valence-electron chi connectivity index (χ4n) is 2.80. The summed E-state index contributed by atoms with van der Waals surface area (Å²) in [4.78, 5) is 25.4. The van der Waals surface area contributed by atoms with Crippen molar-refractivity contribution in [3.8, 4) is 17.4 Å². The summed E-state index contributed by atoms with van der Waals surface area (Å²) < 4.78 is 10.6. The number of halogens is 1. The Balaban J connectivity index is 2.02. The number of nitrogens with zero attached hydrogens (tertiary/aromatic N) is 2. The van der Waals surface area contributed by atoms with E-state index in [0.717, 1.165) is 5.56 Å². The van der Waals surface area contributed by atoms with Crippen LogP contribution in [0.25, 0.3) is 23.5 Å². The Morgan fingerprint density at radius 3 is 2.79 bits per heavy atom. The molecule has 0 aliphatic rings. The zero-order chi connectivity index (χ0) is 21.0. The van der Waals surface area contributed by atoms with Crippen LogP contribution in [0.2, 0.25) is 5.02 Å². The van der Waals surface area contributed by atoms with Gasteiger partial charge in [0.1, 0.15) is 28.8 Å². The van der Waals surface area contributed by atoms with E-state index in [0.29, 0.717) is 16.5 Å². The van der Waals surface area contributed by atoms with Crippen LogP contribution in [0.1, 0.15) is 22.6 Å². The third-order valence-electron chi connectivity index (χ3n) is 4.05. The first kappa shape index (κ1) is 20.1. The van der Waals surface area contributed by atoms with Crippen molar-refractivity contribution in [3.05, 3.63) is 84.5 Å². The smallest absolute Gasteiger partial charge is 0.299 e. The van der Waals surface area contributed by atoms with Crippen LogP contribution in [0.15, 0.2) is 45.6 Å². The minimum Gasteiger partial charge on any atom is -0.457 e. The molecule has 3 aromatic rings. The molecule has 0 unspecified atom stereocenters. The number of rotatable bonds is 6. The molecule has 0 amide bonds. The second-order valence-electron chi connectivity index (χ2n) is 5.92. The summed E-state index contributed by atoms with van der Waals surface area (Å²) >= 11 is 5.98. The number of aromatic nitrogens is 1. The molecule has 2 heterocycles. The lowest BCUT2D eigenvalue weighted by Gasteiger charge is -2.06. The lowest BCUT2D eigenvalue weighted by atomic mass is 10.1. The number of hydrogen-bond donors (Lipinski definition) is 1. The van der Waals surface area contributed by atoms with Gasteiger partial charge in [0, 0.05) is 17.7 Å². The number of nitriles is 1. The van der Waals surface area contributed by atoms with Crippen molar-refractivity contribution in [2.75, 3.05) is 7.11 Å². The van der Waals surface area contributed by atoms with E-state index < -0.39 is 16.2 Å². The Bertz CT molecular complexity index is 1200. The highest BCUT2D eigenvalue weighted by Gasteiger charge is 2.25. The van der Waals surface area contributed by atoms with Crippen molar-refractivity contribution >= 4 is 29.4 Å². The van der Waals surface area contributed by atoms with E-state index in [-0.39, 0.29) is 23.4 Å². The second-order valence-corrected chi connectivity index (χ2v) is 6.35. The quantitative estimate of drug-likeness (QED) is 0.474. The fraction of sp³-hybridized carbons (Fsp3) is 0.100. The fourth-order valence-corrected chi connectivity index (χ4v) is 2.99. The van der Waals surface area contributed by atoms with Crippen LogP contribution in [0, 0.1) is 21.4 Å². The van der Waals surface area contributed by atoms with Crippen LogP contribution >= 0.6 is 11.6 Å². The van der Waals surface area contributed by atoms with Crippen LogP contribution in [-0.4, -0.2) is 17.0 Å². The summed E-state index contributed by atoms with van der Waals surface area (Å²) in [6.45, 7) is -0.246. The molecule has 146 valence electrons. The molecule has 0 bridgehead atoms. The Morgan fingerprint density at radius 1 is 1.34 bits per heavy atom. The molecular formula is C20H14ClN3O5. The van der Waals surface area contributed by atoms with Crippen LogP contribution in [0.5, 0.6) is 0 Å². The third kappa shape index (κ3) is 4.27. The molecule has 2 aromatic heterocycles. The molecule has 0 aliphatic heterocycles. The van der Waals surface area contributed by atoms with Gasteiger partial charge in [-0.25, -0.2) is 0 Å². The van der Waals surface area contributed by atoms with E-state index in [1.54, 1.807) is 36.4 Å². The summed E-state index contributed by atoms with van der Waals surface area (Å²) in [6.07, 6.45) is 2.83. The van der Waals surface area contributed by atoms with Gasteiger partial charge < -0.3 is 14.1 Å². The maximum Gasteiger partial charge on any atom is 0.299 e. The zero-order valence-corrected chi connectivity index (χ0v) is 15.9. The summed E-state index contributed by atoms with van der Waals surface area (Å²) in [5.41, 5.74) is -0.854. The minimum absolute atomic E-state index is 0.0632. The van der Waals surface area contributed by atoms with Gasteiger partial charge in [0.2, 0.25) is 0 Å². The van der Waals surface area contributed by atoms with E-state index >= 15 is 0 Å². The molecular weight excluding hydrogens is 398 g/mol. The molecule has 0 saturated carbocycles. The van der Waals surface area contributed by atoms with Crippen molar-refractivity contribution in [2.45, 2.75) is 6.61 Å². The average Bonchev–Trinajstić information content (AvgIpc) is 3.15. The molecule has 3 rings (SSSR count). The SMILES string of the molecule is COCc1c([N+](=O)[O-])c(C=Cc2ccc(-c3cccc(Cl)c3)o2)[nH]c(=O)c1C#N. The number of pyridine rings is 1. The van der Waals surface area contributed by atoms with Gasteiger partial charge in [0.05, 0.1) is 17.1 Å². The highest BCUT2D eigenvalue weighted by molar-refractivity contribution is 6.30. The van der Waals surface area contributed by atoms with E-state index in [9.17, 15) is 20.2 Å². The van der Waals surface area contributed by atoms with Crippen LogP contribution in [0.3, 0.4) is 0 Å². The monoisotopic (exact) mass is 411 g/mol. The van der Waals surface area contributed by atoms with Gasteiger partial charge in [-0.15, -0.1) is 0 Å². The predicted octanol–water partition coefficient (Wildman–Crippen LogP) is 4.38. The largest absolute Gasteiger partial charge is 0.457 e. The standard InChI is InChI=1S/C20H14ClN3O5/c1-28-11-16-15(10-22)20(25)23-17(19(16)24(26)27)7-5-14-6-8-18(29-14)12-3-2-4-13(21)9-12/h2-9H,11H2,1H3,(H,23,25). The Morgan fingerprint density at radius 2 is 2.14 bits per heavy atom. The maximum absolute atomic E-state index is 12.1. The molecule has 0 aliphatic carbocycles. The number of benzene rings is 1. The molecule has 0 fully saturated rings. The normalized spacial score (nSPS) is 10.9. The Hall–Kier alpha value is -3.67. The number of furan rings is 1. The summed E-state index contributed by atoms with van der Waals surface area (Å²) in [6, 6.07) is 12.2. The van der Waals surface area contributed by atoms with Crippen molar-refractivity contribution in [1.29, 1.82) is 5.26 Å². The van der Waals surface area contributed by atoms with Crippen LogP contribution in [0.4, 0.5) is 5.69 Å². The number of hydrogen-bond acceptors (Lipinski definition) is 6. The summed E-state index contributed by atoms with van der Waals surface area (Å²) in [7, 11) is 1.32. The van der Waals surface area contributed by atoms with Gasteiger partial charge in [-0.1, -0.05) is 23.7 Å². The number of aromatic amines is 1. The van der Waals surface area contributed by atoms with Crippen LogP contribution in [-0.2, 0) is 11.3 Å². The highest BCUT2D eigenvalue weighted by Crippen LogP contribution is 2.28. The first-order valence-electron chi connectivity index (χ1n) is 8.31. The maximum atomic E-state index is 12.1. The van der Waals surface area contributed by atoms with Gasteiger partial charge >= 0.3 is 0 Å². The summed E-state index contributed by atoms with van der Waals surface area (Å²) in [5, 5.41) is 21.3. The lowest BCUT2D eigenvalue weighted by Crippen LogP contribution is -2.18. The zero-order valence-electron chi connectivity index (χ0n) is 15.1. The number of nitrogens with one attached hydrogen (secondary N) is 1. The van der Waals surface area contributed by atoms with Gasteiger partial charge in [-0.2, -0.15) is 5.26 Å².